The van der Waals surface area contributed by atoms with Gasteiger partial charge in [-0.3, -0.25) is 0 Å². The Bertz CT molecular complexity index is 700. The van der Waals surface area contributed by atoms with E-state index in [1.807, 2.05) is 26.8 Å². The molecule has 5 heteroatoms. The largest absolute Gasteiger partial charge is 0.493 e. The Hall–Kier alpha value is -2.01. The third kappa shape index (κ3) is 3.03. The lowest BCUT2D eigenvalue weighted by molar-refractivity contribution is 0.230. The SMILES string of the molecule is COc1cc2oc(=O)c(CCO)c(C)c2cc1OC(C)C. The van der Waals surface area contributed by atoms with Gasteiger partial charge in [0.05, 0.1) is 13.2 Å². The van der Waals surface area contributed by atoms with Crippen molar-refractivity contribution in [1.82, 2.24) is 0 Å². The van der Waals surface area contributed by atoms with Crippen LogP contribution in [0.25, 0.3) is 11.0 Å². The van der Waals surface area contributed by atoms with E-state index in [9.17, 15) is 4.79 Å². The number of ether oxygens (including phenoxy) is 2. The van der Waals surface area contributed by atoms with Crippen molar-refractivity contribution >= 4 is 11.0 Å². The van der Waals surface area contributed by atoms with Gasteiger partial charge in [0.2, 0.25) is 0 Å². The lowest BCUT2D eigenvalue weighted by Crippen LogP contribution is -2.12. The maximum Gasteiger partial charge on any atom is 0.339 e. The maximum atomic E-state index is 12.0. The van der Waals surface area contributed by atoms with Gasteiger partial charge in [-0.1, -0.05) is 0 Å². The number of hydrogen-bond donors (Lipinski definition) is 1. The molecule has 0 aliphatic heterocycles. The Morgan fingerprint density at radius 2 is 2.00 bits per heavy atom. The Labute approximate surface area is 123 Å². The molecule has 2 aromatic rings. The number of aryl methyl sites for hydroxylation is 1. The third-order valence-corrected chi connectivity index (χ3v) is 3.30. The topological polar surface area (TPSA) is 68.9 Å². The van der Waals surface area contributed by atoms with E-state index in [-0.39, 0.29) is 19.1 Å². The summed E-state index contributed by atoms with van der Waals surface area (Å²) in [7, 11) is 1.54. The fourth-order valence-electron chi connectivity index (χ4n) is 2.30. The summed E-state index contributed by atoms with van der Waals surface area (Å²) in [5, 5.41) is 9.86. The highest BCUT2D eigenvalue weighted by Gasteiger charge is 2.15. The number of rotatable bonds is 5. The molecule has 0 amide bonds. The van der Waals surface area contributed by atoms with Crippen molar-refractivity contribution in [3.63, 3.8) is 0 Å². The van der Waals surface area contributed by atoms with E-state index in [0.29, 0.717) is 22.6 Å². The van der Waals surface area contributed by atoms with Gasteiger partial charge in [0, 0.05) is 30.0 Å². The molecule has 0 saturated heterocycles. The van der Waals surface area contributed by atoms with Crippen LogP contribution < -0.4 is 15.1 Å². The third-order valence-electron chi connectivity index (χ3n) is 3.30. The normalized spacial score (nSPS) is 11.1. The van der Waals surface area contributed by atoms with Crippen LogP contribution in [0.15, 0.2) is 21.3 Å². The molecule has 0 fully saturated rings. The number of aliphatic hydroxyl groups excluding tert-OH is 1. The standard InChI is InChI=1S/C16H20O5/c1-9(2)20-15-7-12-10(3)11(5-6-17)16(18)21-13(12)8-14(15)19-4/h7-9,17H,5-6H2,1-4H3. The highest BCUT2D eigenvalue weighted by atomic mass is 16.5. The second-order valence-corrected chi connectivity index (χ2v) is 5.13. The van der Waals surface area contributed by atoms with Crippen LogP contribution >= 0.6 is 0 Å². The average molecular weight is 292 g/mol. The van der Waals surface area contributed by atoms with Crippen molar-refractivity contribution < 1.29 is 19.0 Å². The molecule has 0 spiro atoms. The van der Waals surface area contributed by atoms with Crippen LogP contribution in [0.5, 0.6) is 11.5 Å². The molecule has 114 valence electrons. The quantitative estimate of drug-likeness (QED) is 0.857. The summed E-state index contributed by atoms with van der Waals surface area (Å²) < 4.78 is 16.3. The van der Waals surface area contributed by atoms with E-state index in [0.717, 1.165) is 10.9 Å². The number of aliphatic hydroxyl groups is 1. The highest BCUT2D eigenvalue weighted by Crippen LogP contribution is 2.34. The van der Waals surface area contributed by atoms with E-state index in [4.69, 9.17) is 19.0 Å². The molecule has 1 heterocycles. The van der Waals surface area contributed by atoms with E-state index in [1.54, 1.807) is 13.2 Å². The van der Waals surface area contributed by atoms with Gasteiger partial charge in [0.1, 0.15) is 5.58 Å². The Kier molecular flexibility index (Phi) is 4.53. The van der Waals surface area contributed by atoms with Crippen LogP contribution in [0, 0.1) is 6.92 Å². The lowest BCUT2D eigenvalue weighted by Gasteiger charge is -2.15. The summed E-state index contributed by atoms with van der Waals surface area (Å²) in [5.74, 6) is 1.13. The summed E-state index contributed by atoms with van der Waals surface area (Å²) >= 11 is 0. The van der Waals surface area contributed by atoms with Crippen LogP contribution in [0.3, 0.4) is 0 Å². The second-order valence-electron chi connectivity index (χ2n) is 5.13. The van der Waals surface area contributed by atoms with Gasteiger partial charge in [-0.15, -0.1) is 0 Å². The summed E-state index contributed by atoms with van der Waals surface area (Å²) in [4.78, 5) is 12.0. The predicted molar refractivity (Wildman–Crippen MR) is 80.3 cm³/mol. The zero-order valence-electron chi connectivity index (χ0n) is 12.7. The van der Waals surface area contributed by atoms with Crippen molar-refractivity contribution in [3.8, 4) is 11.5 Å². The molecule has 2 rings (SSSR count). The lowest BCUT2D eigenvalue weighted by atomic mass is 10.0. The number of fused-ring (bicyclic) bond motifs is 1. The fraction of sp³-hybridized carbons (Fsp3) is 0.438. The first-order valence-electron chi connectivity index (χ1n) is 6.89. The molecule has 5 nitrogen and oxygen atoms in total. The van der Waals surface area contributed by atoms with Gasteiger partial charge in [-0.2, -0.15) is 0 Å². The summed E-state index contributed by atoms with van der Waals surface area (Å²) in [6.07, 6.45) is 0.278. The molecule has 1 aromatic heterocycles. The van der Waals surface area contributed by atoms with Crippen molar-refractivity contribution in [2.24, 2.45) is 0 Å². The minimum atomic E-state index is -0.423. The Morgan fingerprint density at radius 3 is 2.57 bits per heavy atom. The van der Waals surface area contributed by atoms with Crippen molar-refractivity contribution in [3.05, 3.63) is 33.7 Å². The minimum Gasteiger partial charge on any atom is -0.493 e. The fourth-order valence-corrected chi connectivity index (χ4v) is 2.30. The molecule has 0 unspecified atom stereocenters. The molecule has 21 heavy (non-hydrogen) atoms. The molecule has 0 aliphatic carbocycles. The second kappa shape index (κ2) is 6.18. The first kappa shape index (κ1) is 15.4. The number of benzene rings is 1. The minimum absolute atomic E-state index is 0.00397. The van der Waals surface area contributed by atoms with Crippen LogP contribution in [0.4, 0.5) is 0 Å². The molecular weight excluding hydrogens is 272 g/mol. The average Bonchev–Trinajstić information content (AvgIpc) is 2.43. The molecular formula is C16H20O5. The molecule has 0 bridgehead atoms. The van der Waals surface area contributed by atoms with E-state index in [1.165, 1.54) is 0 Å². The van der Waals surface area contributed by atoms with Crippen LogP contribution in [0.1, 0.15) is 25.0 Å². The first-order valence-corrected chi connectivity index (χ1v) is 6.89. The summed E-state index contributed by atoms with van der Waals surface area (Å²) in [5.41, 5.74) is 1.32. The molecule has 0 aliphatic rings. The first-order chi connectivity index (χ1) is 9.97. The van der Waals surface area contributed by atoms with Crippen LogP contribution in [-0.4, -0.2) is 24.9 Å². The van der Waals surface area contributed by atoms with Crippen LogP contribution in [-0.2, 0) is 6.42 Å². The van der Waals surface area contributed by atoms with Gasteiger partial charge in [-0.05, 0) is 32.4 Å². The zero-order valence-corrected chi connectivity index (χ0v) is 12.7. The van der Waals surface area contributed by atoms with Crippen molar-refractivity contribution in [2.75, 3.05) is 13.7 Å². The maximum absolute atomic E-state index is 12.0. The van der Waals surface area contributed by atoms with Gasteiger partial charge in [0.25, 0.3) is 0 Å². The summed E-state index contributed by atoms with van der Waals surface area (Å²) in [6, 6.07) is 3.47. The van der Waals surface area contributed by atoms with Gasteiger partial charge in [-0.25, -0.2) is 4.79 Å². The van der Waals surface area contributed by atoms with Gasteiger partial charge in [0.15, 0.2) is 11.5 Å². The number of methoxy groups -OCH3 is 1. The molecule has 0 radical (unpaired) electrons. The zero-order chi connectivity index (χ0) is 15.6. The smallest absolute Gasteiger partial charge is 0.339 e. The van der Waals surface area contributed by atoms with Crippen molar-refractivity contribution in [2.45, 2.75) is 33.3 Å². The Balaban J connectivity index is 2.70. The predicted octanol–water partition coefficient (Wildman–Crippen LogP) is 2.43. The van der Waals surface area contributed by atoms with E-state index in [2.05, 4.69) is 0 Å². The highest BCUT2D eigenvalue weighted by molar-refractivity contribution is 5.84. The molecule has 0 saturated carbocycles. The molecule has 1 aromatic carbocycles. The molecule has 0 atom stereocenters. The summed E-state index contributed by atoms with van der Waals surface area (Å²) in [6.45, 7) is 5.61. The monoisotopic (exact) mass is 292 g/mol. The van der Waals surface area contributed by atoms with Crippen molar-refractivity contribution in [1.29, 1.82) is 0 Å². The van der Waals surface area contributed by atoms with Gasteiger partial charge < -0.3 is 19.0 Å². The number of hydrogen-bond acceptors (Lipinski definition) is 5. The van der Waals surface area contributed by atoms with E-state index < -0.39 is 5.63 Å². The van der Waals surface area contributed by atoms with Gasteiger partial charge >= 0.3 is 5.63 Å². The van der Waals surface area contributed by atoms with Crippen LogP contribution in [0.2, 0.25) is 0 Å². The Morgan fingerprint density at radius 1 is 1.29 bits per heavy atom. The molecule has 1 N–H and O–H groups in total. The van der Waals surface area contributed by atoms with E-state index >= 15 is 0 Å².